The van der Waals surface area contributed by atoms with Crippen molar-refractivity contribution >= 4 is 11.4 Å². The fourth-order valence-corrected chi connectivity index (χ4v) is 6.56. The first-order chi connectivity index (χ1) is 13.1. The first-order valence-electron chi connectivity index (χ1n) is 10.5. The molecule has 2 atom stereocenters. The molecule has 146 valence electrons. The predicted octanol–water partition coefficient (Wildman–Crippen LogP) is 6.65. The van der Waals surface area contributed by atoms with Crippen LogP contribution in [0.1, 0.15) is 68.9 Å². The Morgan fingerprint density at radius 2 is 1.61 bits per heavy atom. The summed E-state index contributed by atoms with van der Waals surface area (Å²) in [6, 6.07) is 15.9. The summed E-state index contributed by atoms with van der Waals surface area (Å²) in [5.74, 6) is 0.814. The van der Waals surface area contributed by atoms with Crippen molar-refractivity contribution in [1.29, 1.82) is 0 Å². The van der Waals surface area contributed by atoms with Gasteiger partial charge in [0, 0.05) is 11.3 Å². The number of Topliss-reactive ketones (excluding diaryl/α,β-unsaturated/α-hetero) is 1. The SMILES string of the molecule is CC(=O)C1CC2=C(c3ccc(C)cc3)c3ccc(C)cc3C2(C(C)C)C1(C)C. The van der Waals surface area contributed by atoms with Crippen LogP contribution in [0.4, 0.5) is 0 Å². The highest BCUT2D eigenvalue weighted by Crippen LogP contribution is 2.69. The van der Waals surface area contributed by atoms with E-state index in [1.54, 1.807) is 6.92 Å². The van der Waals surface area contributed by atoms with Crippen LogP contribution in [0.25, 0.3) is 5.57 Å². The van der Waals surface area contributed by atoms with E-state index in [9.17, 15) is 4.79 Å². The summed E-state index contributed by atoms with van der Waals surface area (Å²) in [7, 11) is 0. The van der Waals surface area contributed by atoms with Crippen molar-refractivity contribution in [3.8, 4) is 0 Å². The number of carbonyl (C=O) groups is 1. The Balaban J connectivity index is 2.12. The minimum atomic E-state index is -0.114. The maximum atomic E-state index is 12.7. The highest BCUT2D eigenvalue weighted by atomic mass is 16.1. The number of benzene rings is 2. The van der Waals surface area contributed by atoms with Crippen LogP contribution < -0.4 is 0 Å². The summed E-state index contributed by atoms with van der Waals surface area (Å²) >= 11 is 0. The summed E-state index contributed by atoms with van der Waals surface area (Å²) in [6.45, 7) is 15.4. The van der Waals surface area contributed by atoms with E-state index in [4.69, 9.17) is 0 Å². The van der Waals surface area contributed by atoms with Crippen LogP contribution in [0.2, 0.25) is 0 Å². The third kappa shape index (κ3) is 2.28. The van der Waals surface area contributed by atoms with Crippen molar-refractivity contribution in [2.45, 2.75) is 60.3 Å². The molecule has 0 bridgehead atoms. The van der Waals surface area contributed by atoms with E-state index in [0.29, 0.717) is 11.7 Å². The standard InChI is InChI=1S/C27H32O/c1-16(2)27-23-14-18(4)10-13-21(23)25(20-11-8-17(3)9-12-20)24(27)15-22(19(5)28)26(27,6)7/h8-14,16,22H,15H2,1-7H3. The summed E-state index contributed by atoms with van der Waals surface area (Å²) in [5.41, 5.74) is 9.31. The maximum absolute atomic E-state index is 12.7. The van der Waals surface area contributed by atoms with Crippen LogP contribution in [0.15, 0.2) is 48.0 Å². The molecule has 0 N–H and O–H groups in total. The van der Waals surface area contributed by atoms with Crippen LogP contribution in [0.5, 0.6) is 0 Å². The fraction of sp³-hybridized carbons (Fsp3) is 0.444. The van der Waals surface area contributed by atoms with Crippen molar-refractivity contribution < 1.29 is 4.79 Å². The lowest BCUT2D eigenvalue weighted by molar-refractivity contribution is -0.124. The third-order valence-corrected chi connectivity index (χ3v) is 7.64. The van der Waals surface area contributed by atoms with Crippen molar-refractivity contribution in [2.24, 2.45) is 17.3 Å². The molecule has 0 amide bonds. The zero-order valence-corrected chi connectivity index (χ0v) is 18.3. The van der Waals surface area contributed by atoms with E-state index >= 15 is 0 Å². The average molecular weight is 373 g/mol. The van der Waals surface area contributed by atoms with Gasteiger partial charge in [-0.15, -0.1) is 0 Å². The van der Waals surface area contributed by atoms with Gasteiger partial charge in [0.05, 0.1) is 0 Å². The first-order valence-corrected chi connectivity index (χ1v) is 10.5. The van der Waals surface area contributed by atoms with Gasteiger partial charge in [-0.2, -0.15) is 0 Å². The van der Waals surface area contributed by atoms with Gasteiger partial charge in [-0.05, 0) is 66.4 Å². The number of aryl methyl sites for hydroxylation is 2. The van der Waals surface area contributed by atoms with Crippen molar-refractivity contribution in [1.82, 2.24) is 0 Å². The highest BCUT2D eigenvalue weighted by molar-refractivity contribution is 5.93. The van der Waals surface area contributed by atoms with Crippen LogP contribution >= 0.6 is 0 Å². The molecule has 2 aliphatic rings. The number of hydrogen-bond donors (Lipinski definition) is 0. The Morgan fingerprint density at radius 3 is 2.18 bits per heavy atom. The van der Waals surface area contributed by atoms with Crippen LogP contribution in [0, 0.1) is 31.1 Å². The lowest BCUT2D eigenvalue weighted by Gasteiger charge is -2.47. The number of allylic oxidation sites excluding steroid dienone is 1. The van der Waals surface area contributed by atoms with Crippen LogP contribution in [-0.4, -0.2) is 5.78 Å². The Kier molecular flexibility index (Phi) is 4.23. The van der Waals surface area contributed by atoms with Gasteiger partial charge >= 0.3 is 0 Å². The molecule has 28 heavy (non-hydrogen) atoms. The average Bonchev–Trinajstić information content (AvgIpc) is 3.03. The quantitative estimate of drug-likeness (QED) is 0.589. The number of carbonyl (C=O) groups excluding carboxylic acids is 1. The largest absolute Gasteiger partial charge is 0.300 e. The van der Waals surface area contributed by atoms with Gasteiger partial charge in [-0.3, -0.25) is 4.79 Å². The Bertz CT molecular complexity index is 987. The Hall–Kier alpha value is -2.15. The van der Waals surface area contributed by atoms with Gasteiger partial charge < -0.3 is 0 Å². The van der Waals surface area contributed by atoms with Crippen molar-refractivity contribution in [2.75, 3.05) is 0 Å². The zero-order valence-electron chi connectivity index (χ0n) is 18.3. The second kappa shape index (κ2) is 6.17. The number of ketones is 1. The van der Waals surface area contributed by atoms with Crippen LogP contribution in [-0.2, 0) is 10.2 Å². The Labute approximate surface area is 169 Å². The molecule has 2 aromatic rings. The summed E-state index contributed by atoms with van der Waals surface area (Å²) in [5, 5.41) is 0. The summed E-state index contributed by atoms with van der Waals surface area (Å²) in [6.07, 6.45) is 0.872. The van der Waals surface area contributed by atoms with Crippen molar-refractivity contribution in [3.63, 3.8) is 0 Å². The van der Waals surface area contributed by atoms with Gasteiger partial charge in [-0.1, -0.05) is 81.3 Å². The molecule has 1 heteroatoms. The topological polar surface area (TPSA) is 17.1 Å². The highest BCUT2D eigenvalue weighted by Gasteiger charge is 2.64. The van der Waals surface area contributed by atoms with Crippen LogP contribution in [0.3, 0.4) is 0 Å². The van der Waals surface area contributed by atoms with Gasteiger partial charge in [0.15, 0.2) is 0 Å². The third-order valence-electron chi connectivity index (χ3n) is 7.64. The predicted molar refractivity (Wildman–Crippen MR) is 117 cm³/mol. The molecular formula is C27H32O. The monoisotopic (exact) mass is 372 g/mol. The number of hydrogen-bond acceptors (Lipinski definition) is 1. The smallest absolute Gasteiger partial charge is 0.133 e. The maximum Gasteiger partial charge on any atom is 0.133 e. The minimum absolute atomic E-state index is 0.0685. The molecule has 4 rings (SSSR count). The van der Waals surface area contributed by atoms with E-state index in [1.165, 1.54) is 39.0 Å². The zero-order chi connectivity index (χ0) is 20.4. The van der Waals surface area contributed by atoms with E-state index in [2.05, 4.69) is 84.0 Å². The molecule has 0 radical (unpaired) electrons. The molecule has 2 aromatic carbocycles. The Morgan fingerprint density at radius 1 is 1.00 bits per heavy atom. The molecule has 1 fully saturated rings. The van der Waals surface area contributed by atoms with Gasteiger partial charge in [0.1, 0.15) is 5.78 Å². The first kappa shape index (κ1) is 19.2. The van der Waals surface area contributed by atoms with E-state index < -0.39 is 0 Å². The van der Waals surface area contributed by atoms with Gasteiger partial charge in [0.2, 0.25) is 0 Å². The van der Waals surface area contributed by atoms with Gasteiger partial charge in [-0.25, -0.2) is 0 Å². The number of rotatable bonds is 3. The fourth-order valence-electron chi connectivity index (χ4n) is 6.56. The molecule has 1 saturated carbocycles. The second-order valence-corrected chi connectivity index (χ2v) is 9.82. The van der Waals surface area contributed by atoms with Crippen molar-refractivity contribution in [3.05, 3.63) is 75.9 Å². The molecule has 1 nitrogen and oxygen atoms in total. The molecule has 0 aromatic heterocycles. The lowest BCUT2D eigenvalue weighted by Crippen LogP contribution is -2.46. The molecule has 0 aliphatic heterocycles. The molecule has 2 unspecified atom stereocenters. The van der Waals surface area contributed by atoms with Gasteiger partial charge in [0.25, 0.3) is 0 Å². The molecule has 2 aliphatic carbocycles. The van der Waals surface area contributed by atoms with E-state index in [1.807, 2.05) is 0 Å². The molecule has 0 heterocycles. The van der Waals surface area contributed by atoms with E-state index in [0.717, 1.165) is 6.42 Å². The lowest BCUT2D eigenvalue weighted by atomic mass is 9.56. The number of fused-ring (bicyclic) bond motifs is 3. The summed E-state index contributed by atoms with van der Waals surface area (Å²) < 4.78 is 0. The normalized spacial score (nSPS) is 25.2. The molecular weight excluding hydrogens is 340 g/mol. The molecule has 0 saturated heterocycles. The second-order valence-electron chi connectivity index (χ2n) is 9.82. The van der Waals surface area contributed by atoms with E-state index in [-0.39, 0.29) is 16.7 Å². The molecule has 0 spiro atoms. The minimum Gasteiger partial charge on any atom is -0.300 e. The summed E-state index contributed by atoms with van der Waals surface area (Å²) in [4.78, 5) is 12.7.